The van der Waals surface area contributed by atoms with E-state index in [4.69, 9.17) is 4.84 Å². The van der Waals surface area contributed by atoms with Crippen LogP contribution in [0.25, 0.3) is 0 Å². The minimum Gasteiger partial charge on any atom is -0.396 e. The van der Waals surface area contributed by atoms with Gasteiger partial charge in [0.25, 0.3) is 0 Å². The van der Waals surface area contributed by atoms with Gasteiger partial charge >= 0.3 is 0 Å². The smallest absolute Gasteiger partial charge is 0.149 e. The lowest BCUT2D eigenvalue weighted by molar-refractivity contribution is -0.134. The molecule has 4 nitrogen and oxygen atoms in total. The van der Waals surface area contributed by atoms with Crippen molar-refractivity contribution < 1.29 is 14.4 Å². The fraction of sp³-hybridized carbons (Fsp3) is 0.824. The second-order valence-corrected chi connectivity index (χ2v) is 7.10. The number of Topliss-reactive ketones (excluding diaryl/α,β-unsaturated/α-hetero) is 2. The first-order chi connectivity index (χ1) is 10.5. The third-order valence-corrected chi connectivity index (χ3v) is 4.86. The van der Waals surface area contributed by atoms with Crippen molar-refractivity contribution in [1.29, 1.82) is 0 Å². The topological polar surface area (TPSA) is 55.7 Å². The summed E-state index contributed by atoms with van der Waals surface area (Å²) in [6, 6.07) is 0. The summed E-state index contributed by atoms with van der Waals surface area (Å²) in [5, 5.41) is 4.04. The van der Waals surface area contributed by atoms with E-state index in [1.54, 1.807) is 0 Å². The Bertz CT molecular complexity index is 391. The second-order valence-electron chi connectivity index (χ2n) is 6.19. The SMILES string of the molecule is CCCC(=NOCC)C1C(=O)CC(CC(C)CSC)CC1=O. The Morgan fingerprint density at radius 1 is 1.32 bits per heavy atom. The van der Waals surface area contributed by atoms with Crippen molar-refractivity contribution in [3.05, 3.63) is 0 Å². The minimum atomic E-state index is -0.654. The van der Waals surface area contributed by atoms with Crippen molar-refractivity contribution >= 4 is 29.0 Å². The first-order valence-corrected chi connectivity index (χ1v) is 9.65. The number of thioether (sulfide) groups is 1. The van der Waals surface area contributed by atoms with Crippen LogP contribution in [0.2, 0.25) is 0 Å². The van der Waals surface area contributed by atoms with E-state index in [1.165, 1.54) is 0 Å². The highest BCUT2D eigenvalue weighted by atomic mass is 32.2. The summed E-state index contributed by atoms with van der Waals surface area (Å²) < 4.78 is 0. The van der Waals surface area contributed by atoms with Crippen LogP contribution in [0.1, 0.15) is 52.9 Å². The number of carbonyl (C=O) groups excluding carboxylic acids is 2. The largest absolute Gasteiger partial charge is 0.396 e. The molecule has 0 aromatic rings. The molecule has 1 unspecified atom stereocenters. The molecule has 1 rings (SSSR count). The van der Waals surface area contributed by atoms with Gasteiger partial charge in [0.05, 0.1) is 5.71 Å². The van der Waals surface area contributed by atoms with Crippen LogP contribution in [0.5, 0.6) is 0 Å². The van der Waals surface area contributed by atoms with Crippen molar-refractivity contribution in [2.75, 3.05) is 18.6 Å². The molecule has 0 aromatic heterocycles. The number of oxime groups is 1. The van der Waals surface area contributed by atoms with Gasteiger partial charge in [-0.25, -0.2) is 0 Å². The van der Waals surface area contributed by atoms with E-state index in [2.05, 4.69) is 18.3 Å². The maximum atomic E-state index is 12.5. The molecule has 0 spiro atoms. The lowest BCUT2D eigenvalue weighted by Gasteiger charge is -2.28. The molecule has 1 fully saturated rings. The molecular weight excluding hydrogens is 298 g/mol. The fourth-order valence-electron chi connectivity index (χ4n) is 3.16. The Labute approximate surface area is 138 Å². The highest BCUT2D eigenvalue weighted by Gasteiger charge is 2.38. The molecule has 0 aliphatic heterocycles. The van der Waals surface area contributed by atoms with Crippen molar-refractivity contribution in [2.45, 2.75) is 52.9 Å². The van der Waals surface area contributed by atoms with Crippen LogP contribution in [0.15, 0.2) is 5.16 Å². The van der Waals surface area contributed by atoms with Crippen LogP contribution in [-0.4, -0.2) is 35.9 Å². The third-order valence-electron chi connectivity index (χ3n) is 3.96. The van der Waals surface area contributed by atoms with Gasteiger partial charge < -0.3 is 4.84 Å². The van der Waals surface area contributed by atoms with Crippen molar-refractivity contribution in [3.63, 3.8) is 0 Å². The molecule has 0 saturated heterocycles. The molecule has 0 amide bonds. The quantitative estimate of drug-likeness (QED) is 0.368. The van der Waals surface area contributed by atoms with E-state index in [0.717, 1.165) is 18.6 Å². The molecule has 1 atom stereocenters. The van der Waals surface area contributed by atoms with E-state index in [-0.39, 0.29) is 17.5 Å². The molecule has 0 N–H and O–H groups in total. The number of rotatable bonds is 9. The lowest BCUT2D eigenvalue weighted by atomic mass is 9.74. The zero-order valence-electron chi connectivity index (χ0n) is 14.3. The molecule has 1 aliphatic carbocycles. The summed E-state index contributed by atoms with van der Waals surface area (Å²) >= 11 is 1.82. The van der Waals surface area contributed by atoms with E-state index < -0.39 is 5.92 Å². The average molecular weight is 327 g/mol. The van der Waals surface area contributed by atoms with Crippen LogP contribution >= 0.6 is 11.8 Å². The Hall–Kier alpha value is -0.840. The molecule has 126 valence electrons. The van der Waals surface area contributed by atoms with Gasteiger partial charge in [-0.1, -0.05) is 25.4 Å². The molecule has 0 aromatic carbocycles. The monoisotopic (exact) mass is 327 g/mol. The molecule has 5 heteroatoms. The van der Waals surface area contributed by atoms with Crippen LogP contribution in [-0.2, 0) is 14.4 Å². The predicted octanol–water partition coefficient (Wildman–Crippen LogP) is 3.73. The Morgan fingerprint density at radius 2 is 1.95 bits per heavy atom. The Balaban J connectivity index is 2.73. The summed E-state index contributed by atoms with van der Waals surface area (Å²) in [5.74, 6) is 1.24. The van der Waals surface area contributed by atoms with E-state index in [0.29, 0.717) is 37.5 Å². The van der Waals surface area contributed by atoms with E-state index in [9.17, 15) is 9.59 Å². The summed E-state index contributed by atoms with van der Waals surface area (Å²) in [6.07, 6.45) is 5.56. The van der Waals surface area contributed by atoms with Gasteiger partial charge in [0.15, 0.2) is 0 Å². The standard InChI is InChI=1S/C17H29NO3S/c1-5-7-14(18-21-6-2)17-15(19)9-13(10-16(17)20)8-12(3)11-22-4/h12-13,17H,5-11H2,1-4H3. The van der Waals surface area contributed by atoms with E-state index >= 15 is 0 Å². The summed E-state index contributed by atoms with van der Waals surface area (Å²) in [6.45, 7) is 6.51. The highest BCUT2D eigenvalue weighted by Crippen LogP contribution is 2.30. The minimum absolute atomic E-state index is 0.0319. The van der Waals surface area contributed by atoms with Crippen LogP contribution in [0.3, 0.4) is 0 Å². The number of nitrogens with zero attached hydrogens (tertiary/aromatic N) is 1. The van der Waals surface area contributed by atoms with Crippen molar-refractivity contribution in [1.82, 2.24) is 0 Å². The number of hydrogen-bond donors (Lipinski definition) is 0. The van der Waals surface area contributed by atoms with Crippen LogP contribution in [0.4, 0.5) is 0 Å². The molecular formula is C17H29NO3S. The number of carbonyl (C=O) groups is 2. The third kappa shape index (κ3) is 5.75. The lowest BCUT2D eigenvalue weighted by Crippen LogP contribution is -2.39. The first-order valence-electron chi connectivity index (χ1n) is 8.26. The van der Waals surface area contributed by atoms with Gasteiger partial charge in [-0.2, -0.15) is 11.8 Å². The first kappa shape index (κ1) is 19.2. The van der Waals surface area contributed by atoms with Crippen molar-refractivity contribution in [3.8, 4) is 0 Å². The maximum absolute atomic E-state index is 12.5. The highest BCUT2D eigenvalue weighted by molar-refractivity contribution is 7.98. The predicted molar refractivity (Wildman–Crippen MR) is 92.4 cm³/mol. The van der Waals surface area contributed by atoms with Gasteiger partial charge in [0.2, 0.25) is 0 Å². The molecule has 0 radical (unpaired) electrons. The van der Waals surface area contributed by atoms with Gasteiger partial charge in [-0.3, -0.25) is 9.59 Å². The summed E-state index contributed by atoms with van der Waals surface area (Å²) in [5.41, 5.74) is 0.620. The van der Waals surface area contributed by atoms with Crippen molar-refractivity contribution in [2.24, 2.45) is 22.9 Å². The van der Waals surface area contributed by atoms with Gasteiger partial charge in [0.1, 0.15) is 24.1 Å². The maximum Gasteiger partial charge on any atom is 0.149 e. The molecule has 0 bridgehead atoms. The average Bonchev–Trinajstić information content (AvgIpc) is 2.44. The molecule has 22 heavy (non-hydrogen) atoms. The van der Waals surface area contributed by atoms with Gasteiger partial charge in [0, 0.05) is 12.8 Å². The second kappa shape index (κ2) is 10.0. The molecule has 1 saturated carbocycles. The molecule has 1 aliphatic rings. The zero-order valence-corrected chi connectivity index (χ0v) is 15.1. The summed E-state index contributed by atoms with van der Waals surface area (Å²) in [4.78, 5) is 30.0. The fourth-order valence-corrected chi connectivity index (χ4v) is 3.87. The van der Waals surface area contributed by atoms with Crippen LogP contribution in [0, 0.1) is 17.8 Å². The summed E-state index contributed by atoms with van der Waals surface area (Å²) in [7, 11) is 0. The van der Waals surface area contributed by atoms with Gasteiger partial charge in [-0.15, -0.1) is 0 Å². The zero-order chi connectivity index (χ0) is 16.5. The number of ketones is 2. The normalized spacial score (nSPS) is 24.5. The number of hydrogen-bond acceptors (Lipinski definition) is 5. The molecule has 0 heterocycles. The Kier molecular flexibility index (Phi) is 8.76. The Morgan fingerprint density at radius 3 is 2.45 bits per heavy atom. The van der Waals surface area contributed by atoms with Crippen LogP contribution < -0.4 is 0 Å². The van der Waals surface area contributed by atoms with E-state index in [1.807, 2.05) is 25.6 Å². The van der Waals surface area contributed by atoms with Gasteiger partial charge in [-0.05, 0) is 43.6 Å².